The van der Waals surface area contributed by atoms with Crippen molar-refractivity contribution < 1.29 is 19.1 Å². The van der Waals surface area contributed by atoms with Crippen LogP contribution in [-0.4, -0.2) is 43.3 Å². The molecule has 0 aliphatic carbocycles. The molecule has 140 valence electrons. The van der Waals surface area contributed by atoms with Crippen LogP contribution in [0.4, 0.5) is 0 Å². The van der Waals surface area contributed by atoms with E-state index in [1.54, 1.807) is 20.1 Å². The van der Waals surface area contributed by atoms with Crippen molar-refractivity contribution in [2.45, 2.75) is 47.1 Å². The molecular weight excluding hydrogens is 320 g/mol. The average Bonchev–Trinajstić information content (AvgIpc) is 2.82. The number of carbonyl (C=O) groups is 2. The van der Waals surface area contributed by atoms with Crippen LogP contribution in [0.25, 0.3) is 6.08 Å². The predicted octanol–water partition coefficient (Wildman–Crippen LogP) is 2.86. The summed E-state index contributed by atoms with van der Waals surface area (Å²) in [5.41, 5.74) is 3.09. The van der Waals surface area contributed by atoms with E-state index in [0.29, 0.717) is 25.3 Å². The number of hydrogen-bond acceptors (Lipinski definition) is 4. The van der Waals surface area contributed by atoms with Crippen LogP contribution in [0.2, 0.25) is 0 Å². The van der Waals surface area contributed by atoms with Crippen molar-refractivity contribution in [3.63, 3.8) is 0 Å². The van der Waals surface area contributed by atoms with Crippen LogP contribution in [0.3, 0.4) is 0 Å². The van der Waals surface area contributed by atoms with E-state index < -0.39 is 0 Å². The number of esters is 1. The van der Waals surface area contributed by atoms with Crippen LogP contribution in [0.5, 0.6) is 0 Å². The molecule has 6 nitrogen and oxygen atoms in total. The maximum absolute atomic E-state index is 12.3. The lowest BCUT2D eigenvalue weighted by Gasteiger charge is -2.05. The molecule has 0 saturated heterocycles. The lowest BCUT2D eigenvalue weighted by atomic mass is 10.1. The topological polar surface area (TPSA) is 69.6 Å². The first kappa shape index (κ1) is 21.0. The Labute approximate surface area is 150 Å². The van der Waals surface area contributed by atoms with Gasteiger partial charge < -0.3 is 19.4 Å². The van der Waals surface area contributed by atoms with Crippen molar-refractivity contribution in [2.24, 2.45) is 0 Å². The van der Waals surface area contributed by atoms with Gasteiger partial charge in [0.25, 0.3) is 0 Å². The molecule has 0 aliphatic rings. The third-order valence-electron chi connectivity index (χ3n) is 4.10. The fraction of sp³-hybridized carbons (Fsp3) is 0.579. The van der Waals surface area contributed by atoms with Crippen molar-refractivity contribution >= 4 is 18.0 Å². The third kappa shape index (κ3) is 5.74. The van der Waals surface area contributed by atoms with Gasteiger partial charge in [-0.25, -0.2) is 4.79 Å². The Balaban J connectivity index is 2.89. The lowest BCUT2D eigenvalue weighted by Crippen LogP contribution is -2.22. The van der Waals surface area contributed by atoms with E-state index in [1.165, 1.54) is 6.08 Å². The molecule has 0 radical (unpaired) electrons. The van der Waals surface area contributed by atoms with Gasteiger partial charge in [-0.1, -0.05) is 0 Å². The molecule has 1 rings (SSSR count). The lowest BCUT2D eigenvalue weighted by molar-refractivity contribution is -0.116. The predicted molar refractivity (Wildman–Crippen MR) is 98.7 cm³/mol. The molecule has 1 aromatic heterocycles. The Morgan fingerprint density at radius 3 is 2.48 bits per heavy atom. The molecule has 6 heteroatoms. The van der Waals surface area contributed by atoms with Gasteiger partial charge in [0.05, 0.1) is 12.2 Å². The first-order valence-corrected chi connectivity index (χ1v) is 8.79. The number of unbranched alkanes of at least 4 members (excludes halogenated alkanes) is 1. The van der Waals surface area contributed by atoms with Crippen LogP contribution in [0.15, 0.2) is 6.08 Å². The number of ether oxygens (including phenoxy) is 2. The fourth-order valence-corrected chi connectivity index (χ4v) is 2.85. The van der Waals surface area contributed by atoms with Gasteiger partial charge in [0.2, 0.25) is 5.91 Å². The highest BCUT2D eigenvalue weighted by Crippen LogP contribution is 2.24. The minimum atomic E-state index is -0.352. The zero-order chi connectivity index (χ0) is 18.8. The summed E-state index contributed by atoms with van der Waals surface area (Å²) in [5.74, 6) is -0.525. The number of nitrogens with zero attached hydrogens (tertiary/aromatic N) is 1. The SMILES string of the molecule is CCOC(=O)c1c(/C=C/C(=O)NCCCCOC)c(C)n(CC)c1C. The Hall–Kier alpha value is -2.08. The van der Waals surface area contributed by atoms with Gasteiger partial charge in [-0.15, -0.1) is 0 Å². The smallest absolute Gasteiger partial charge is 0.340 e. The monoisotopic (exact) mass is 350 g/mol. The van der Waals surface area contributed by atoms with Gasteiger partial charge in [-0.2, -0.15) is 0 Å². The van der Waals surface area contributed by atoms with Crippen molar-refractivity contribution in [1.29, 1.82) is 0 Å². The number of methoxy groups -OCH3 is 1. The van der Waals surface area contributed by atoms with E-state index in [9.17, 15) is 9.59 Å². The van der Waals surface area contributed by atoms with Crippen molar-refractivity contribution in [1.82, 2.24) is 9.88 Å². The molecule has 1 aromatic rings. The fourth-order valence-electron chi connectivity index (χ4n) is 2.85. The molecule has 0 bridgehead atoms. The second kappa shape index (κ2) is 10.7. The Kier molecular flexibility index (Phi) is 8.99. The van der Waals surface area contributed by atoms with E-state index in [-0.39, 0.29) is 11.9 Å². The second-order valence-corrected chi connectivity index (χ2v) is 5.75. The zero-order valence-corrected chi connectivity index (χ0v) is 16.0. The summed E-state index contributed by atoms with van der Waals surface area (Å²) in [6, 6.07) is 0. The molecule has 0 saturated carbocycles. The standard InChI is InChI=1S/C19H30N2O4/c1-6-21-14(3)16(18(15(21)4)19(23)25-7-2)10-11-17(22)20-12-8-9-13-24-5/h10-11H,6-9,12-13H2,1-5H3,(H,20,22)/b11-10+. The number of rotatable bonds is 10. The number of hydrogen-bond donors (Lipinski definition) is 1. The molecule has 0 aromatic carbocycles. The Morgan fingerprint density at radius 1 is 1.16 bits per heavy atom. The Morgan fingerprint density at radius 2 is 1.88 bits per heavy atom. The van der Waals surface area contributed by atoms with Crippen molar-refractivity contribution in [2.75, 3.05) is 26.9 Å². The molecule has 0 aliphatic heterocycles. The molecule has 1 heterocycles. The van der Waals surface area contributed by atoms with Gasteiger partial charge in [0.1, 0.15) is 0 Å². The molecule has 1 N–H and O–H groups in total. The summed E-state index contributed by atoms with van der Waals surface area (Å²) in [6.07, 6.45) is 4.95. The molecule has 0 unspecified atom stereocenters. The van der Waals surface area contributed by atoms with Crippen molar-refractivity contribution in [3.8, 4) is 0 Å². The summed E-state index contributed by atoms with van der Waals surface area (Å²) in [6.45, 7) is 10.0. The number of nitrogens with one attached hydrogen (secondary N) is 1. The zero-order valence-electron chi connectivity index (χ0n) is 16.0. The molecule has 0 fully saturated rings. The molecular formula is C19H30N2O4. The van der Waals surface area contributed by atoms with Gasteiger partial charge >= 0.3 is 5.97 Å². The summed E-state index contributed by atoms with van der Waals surface area (Å²) in [7, 11) is 1.66. The first-order valence-electron chi connectivity index (χ1n) is 8.79. The maximum atomic E-state index is 12.3. The van der Waals surface area contributed by atoms with E-state index in [2.05, 4.69) is 9.88 Å². The summed E-state index contributed by atoms with van der Waals surface area (Å²) >= 11 is 0. The van der Waals surface area contributed by atoms with Gasteiger partial charge in [0, 0.05) is 49.8 Å². The van der Waals surface area contributed by atoms with E-state index >= 15 is 0 Å². The van der Waals surface area contributed by atoms with Crippen LogP contribution in [0, 0.1) is 13.8 Å². The highest BCUT2D eigenvalue weighted by Gasteiger charge is 2.22. The largest absolute Gasteiger partial charge is 0.462 e. The molecule has 1 amide bonds. The molecule has 0 atom stereocenters. The normalized spacial score (nSPS) is 11.1. The molecule has 25 heavy (non-hydrogen) atoms. The minimum Gasteiger partial charge on any atom is -0.462 e. The maximum Gasteiger partial charge on any atom is 0.340 e. The summed E-state index contributed by atoms with van der Waals surface area (Å²) < 4.78 is 12.2. The van der Waals surface area contributed by atoms with Crippen LogP contribution < -0.4 is 5.32 Å². The van der Waals surface area contributed by atoms with Crippen LogP contribution in [0.1, 0.15) is 54.0 Å². The van der Waals surface area contributed by atoms with Crippen LogP contribution >= 0.6 is 0 Å². The summed E-state index contributed by atoms with van der Waals surface area (Å²) in [5, 5.41) is 2.84. The highest BCUT2D eigenvalue weighted by atomic mass is 16.5. The molecule has 0 spiro atoms. The van der Waals surface area contributed by atoms with Crippen molar-refractivity contribution in [3.05, 3.63) is 28.6 Å². The number of carbonyl (C=O) groups excluding carboxylic acids is 2. The minimum absolute atomic E-state index is 0.173. The van der Waals surface area contributed by atoms with E-state index in [1.807, 2.05) is 20.8 Å². The number of amides is 1. The van der Waals surface area contributed by atoms with Gasteiger partial charge in [0.15, 0.2) is 0 Å². The van der Waals surface area contributed by atoms with Gasteiger partial charge in [-0.05, 0) is 46.6 Å². The highest BCUT2D eigenvalue weighted by molar-refractivity contribution is 5.98. The quantitative estimate of drug-likeness (QED) is 0.400. The third-order valence-corrected chi connectivity index (χ3v) is 4.10. The second-order valence-electron chi connectivity index (χ2n) is 5.75. The Bertz CT molecular complexity index is 617. The van der Waals surface area contributed by atoms with Crippen LogP contribution in [-0.2, 0) is 20.8 Å². The van der Waals surface area contributed by atoms with Gasteiger partial charge in [-0.3, -0.25) is 4.79 Å². The van der Waals surface area contributed by atoms with E-state index in [0.717, 1.165) is 36.3 Å². The first-order chi connectivity index (χ1) is 12.0. The average molecular weight is 350 g/mol. The number of aromatic nitrogens is 1. The summed E-state index contributed by atoms with van der Waals surface area (Å²) in [4.78, 5) is 24.3. The van der Waals surface area contributed by atoms with E-state index in [4.69, 9.17) is 9.47 Å².